The molecule has 3 atom stereocenters. The summed E-state index contributed by atoms with van der Waals surface area (Å²) in [6.45, 7) is 6.13. The monoisotopic (exact) mass is 764 g/mol. The van der Waals surface area contributed by atoms with Gasteiger partial charge in [0, 0.05) is 12.8 Å². The molecule has 0 heterocycles. The highest BCUT2D eigenvalue weighted by atomic mass is 16.5. The van der Waals surface area contributed by atoms with Crippen molar-refractivity contribution in [1.82, 2.24) is 5.32 Å². The quantitative estimate of drug-likeness (QED) is 0.0333. The number of hydrogen-bond acceptors (Lipinski definition) is 5. The Balaban J connectivity index is 4.78. The van der Waals surface area contributed by atoms with Gasteiger partial charge in [0.1, 0.15) is 6.10 Å². The van der Waals surface area contributed by atoms with Gasteiger partial charge in [-0.3, -0.25) is 9.59 Å². The molecule has 0 aliphatic heterocycles. The van der Waals surface area contributed by atoms with Gasteiger partial charge >= 0.3 is 5.97 Å². The van der Waals surface area contributed by atoms with Crippen LogP contribution < -0.4 is 5.32 Å². The van der Waals surface area contributed by atoms with Crippen molar-refractivity contribution < 1.29 is 24.5 Å². The van der Waals surface area contributed by atoms with Crippen LogP contribution in [0.15, 0.2) is 97.2 Å². The number of esters is 1. The topological polar surface area (TPSA) is 95.9 Å². The molecule has 55 heavy (non-hydrogen) atoms. The lowest BCUT2D eigenvalue weighted by Gasteiger charge is -2.24. The van der Waals surface area contributed by atoms with Gasteiger partial charge in [-0.15, -0.1) is 0 Å². The Bertz CT molecular complexity index is 1130. The Kier molecular flexibility index (Phi) is 39.5. The minimum atomic E-state index is -0.825. The van der Waals surface area contributed by atoms with E-state index in [1.54, 1.807) is 0 Å². The number of aliphatic hydroxyl groups excluding tert-OH is 2. The van der Waals surface area contributed by atoms with Crippen LogP contribution in [0.25, 0.3) is 0 Å². The fraction of sp³-hybridized carbons (Fsp3) is 0.633. The van der Waals surface area contributed by atoms with Gasteiger partial charge in [-0.25, -0.2) is 0 Å². The lowest BCUT2D eigenvalue weighted by molar-refractivity contribution is -0.150. The highest BCUT2D eigenvalue weighted by molar-refractivity contribution is 5.77. The molecule has 0 bridgehead atoms. The molecule has 0 spiro atoms. The molecule has 0 aromatic carbocycles. The van der Waals surface area contributed by atoms with E-state index in [9.17, 15) is 19.8 Å². The first-order valence-corrected chi connectivity index (χ1v) is 22.1. The first kappa shape index (κ1) is 51.8. The molecule has 0 aliphatic carbocycles. The van der Waals surface area contributed by atoms with E-state index in [0.717, 1.165) is 70.6 Å². The zero-order chi connectivity index (χ0) is 40.3. The molecule has 1 amide bonds. The van der Waals surface area contributed by atoms with Crippen molar-refractivity contribution in [3.8, 4) is 0 Å². The van der Waals surface area contributed by atoms with Crippen LogP contribution in [-0.2, 0) is 14.3 Å². The van der Waals surface area contributed by atoms with Crippen LogP contribution in [0.3, 0.4) is 0 Å². The standard InChI is InChI=1S/C49H81NO5/c1-4-7-10-13-16-19-22-24-27-30-33-36-39-42-49(54)55-45(40-37-34-31-28-25-21-18-15-12-9-6-3)43-48(53)50-46(44-51)47(52)41-38-35-32-29-26-23-20-17-14-11-8-5-2/h7,9-10,12-13,15-16,18-19,21-22,25,28,31,34,37,45-47,51-52H,4-6,8,11,14,17,20,23-24,26-27,29-30,32-33,35-36,38-44H2,1-3H3,(H,50,53)/b10-7+,12-9+,16-13+,18-15+,22-19-,25-21-,31-28-,37-34+. The third-order valence-corrected chi connectivity index (χ3v) is 9.35. The molecule has 0 aliphatic rings. The van der Waals surface area contributed by atoms with Crippen molar-refractivity contribution in [3.05, 3.63) is 97.2 Å². The van der Waals surface area contributed by atoms with Crippen LogP contribution in [0.2, 0.25) is 0 Å². The third-order valence-electron chi connectivity index (χ3n) is 9.35. The molecule has 0 saturated heterocycles. The summed E-state index contributed by atoms with van der Waals surface area (Å²) in [5.74, 6) is -0.644. The van der Waals surface area contributed by atoms with E-state index < -0.39 is 18.2 Å². The first-order chi connectivity index (χ1) is 27.0. The summed E-state index contributed by atoms with van der Waals surface area (Å²) in [4.78, 5) is 25.9. The molecular weight excluding hydrogens is 683 g/mol. The Morgan fingerprint density at radius 2 is 1.02 bits per heavy atom. The number of aliphatic hydroxyl groups is 2. The molecule has 0 aromatic rings. The minimum Gasteiger partial charge on any atom is -0.461 e. The van der Waals surface area contributed by atoms with E-state index >= 15 is 0 Å². The number of ether oxygens (including phenoxy) is 1. The second-order valence-electron chi connectivity index (χ2n) is 14.5. The second-order valence-corrected chi connectivity index (χ2v) is 14.5. The molecule has 3 N–H and O–H groups in total. The summed E-state index contributed by atoms with van der Waals surface area (Å²) < 4.78 is 5.79. The predicted molar refractivity (Wildman–Crippen MR) is 236 cm³/mol. The van der Waals surface area contributed by atoms with Gasteiger partial charge in [-0.05, 0) is 38.5 Å². The number of amides is 1. The van der Waals surface area contributed by atoms with E-state index in [2.05, 4.69) is 62.5 Å². The molecule has 6 heteroatoms. The van der Waals surface area contributed by atoms with Crippen LogP contribution in [0.5, 0.6) is 0 Å². The van der Waals surface area contributed by atoms with Gasteiger partial charge in [0.05, 0.1) is 25.2 Å². The fourth-order valence-corrected chi connectivity index (χ4v) is 6.04. The van der Waals surface area contributed by atoms with E-state index in [1.807, 2.05) is 60.8 Å². The molecule has 0 fully saturated rings. The van der Waals surface area contributed by atoms with Crippen LogP contribution in [0, 0.1) is 0 Å². The van der Waals surface area contributed by atoms with Crippen molar-refractivity contribution in [2.75, 3.05) is 6.61 Å². The second kappa shape index (κ2) is 41.9. The summed E-state index contributed by atoms with van der Waals surface area (Å²) in [6.07, 6.45) is 54.9. The highest BCUT2D eigenvalue weighted by Gasteiger charge is 2.23. The molecule has 3 unspecified atom stereocenters. The number of carbonyl (C=O) groups is 2. The summed E-state index contributed by atoms with van der Waals surface area (Å²) in [5, 5.41) is 23.5. The number of rotatable bonds is 37. The molecular formula is C49H81NO5. The maximum absolute atomic E-state index is 13.1. The number of hydrogen-bond donors (Lipinski definition) is 3. The number of carbonyl (C=O) groups excluding carboxylic acids is 2. The van der Waals surface area contributed by atoms with Crippen LogP contribution in [-0.4, -0.2) is 46.9 Å². The normalized spacial score (nSPS) is 14.3. The van der Waals surface area contributed by atoms with Crippen molar-refractivity contribution in [3.63, 3.8) is 0 Å². The van der Waals surface area contributed by atoms with Gasteiger partial charge in [0.2, 0.25) is 5.91 Å². The van der Waals surface area contributed by atoms with E-state index in [4.69, 9.17) is 4.74 Å². The van der Waals surface area contributed by atoms with Gasteiger partial charge in [-0.2, -0.15) is 0 Å². The van der Waals surface area contributed by atoms with Crippen LogP contribution in [0.4, 0.5) is 0 Å². The maximum atomic E-state index is 13.1. The number of nitrogens with one attached hydrogen (secondary N) is 1. The lowest BCUT2D eigenvalue weighted by atomic mass is 10.0. The largest absolute Gasteiger partial charge is 0.461 e. The average molecular weight is 764 g/mol. The highest BCUT2D eigenvalue weighted by Crippen LogP contribution is 2.15. The Labute approximate surface area is 337 Å². The fourth-order valence-electron chi connectivity index (χ4n) is 6.04. The Morgan fingerprint density at radius 1 is 0.564 bits per heavy atom. The Hall–Kier alpha value is -3.22. The summed E-state index contributed by atoms with van der Waals surface area (Å²) >= 11 is 0. The van der Waals surface area contributed by atoms with E-state index in [0.29, 0.717) is 19.3 Å². The van der Waals surface area contributed by atoms with Gasteiger partial charge < -0.3 is 20.3 Å². The molecule has 0 saturated carbocycles. The van der Waals surface area contributed by atoms with Crippen molar-refractivity contribution in [2.24, 2.45) is 0 Å². The molecule has 0 rings (SSSR count). The smallest absolute Gasteiger partial charge is 0.306 e. The first-order valence-electron chi connectivity index (χ1n) is 22.1. The van der Waals surface area contributed by atoms with E-state index in [1.165, 1.54) is 57.8 Å². The maximum Gasteiger partial charge on any atom is 0.306 e. The van der Waals surface area contributed by atoms with Crippen LogP contribution >= 0.6 is 0 Å². The predicted octanol–water partition coefficient (Wildman–Crippen LogP) is 12.6. The average Bonchev–Trinajstić information content (AvgIpc) is 3.18. The summed E-state index contributed by atoms with van der Waals surface area (Å²) in [7, 11) is 0. The SMILES string of the molecule is CC/C=C/C=C/C=C\C=C/C=C/CC(CC(=O)NC(CO)C(O)CCCCCCCCCCCCCC)OC(=O)CCCCCCC\C=C/C=C/C=C/CC. The molecule has 0 aromatic heterocycles. The van der Waals surface area contributed by atoms with Gasteiger partial charge in [0.25, 0.3) is 0 Å². The van der Waals surface area contributed by atoms with Gasteiger partial charge in [-0.1, -0.05) is 214 Å². The minimum absolute atomic E-state index is 0.0325. The van der Waals surface area contributed by atoms with Crippen molar-refractivity contribution in [1.29, 1.82) is 0 Å². The number of unbranched alkanes of at least 4 members (excludes halogenated alkanes) is 16. The van der Waals surface area contributed by atoms with Crippen molar-refractivity contribution in [2.45, 2.75) is 193 Å². The van der Waals surface area contributed by atoms with Gasteiger partial charge in [0.15, 0.2) is 0 Å². The molecule has 312 valence electrons. The van der Waals surface area contributed by atoms with E-state index in [-0.39, 0.29) is 24.9 Å². The molecule has 0 radical (unpaired) electrons. The van der Waals surface area contributed by atoms with Crippen LogP contribution in [0.1, 0.15) is 175 Å². The summed E-state index contributed by atoms with van der Waals surface area (Å²) in [6, 6.07) is -0.747. The third kappa shape index (κ3) is 37.5. The van der Waals surface area contributed by atoms with Crippen molar-refractivity contribution >= 4 is 11.9 Å². The zero-order valence-corrected chi connectivity index (χ0v) is 35.3. The molecule has 6 nitrogen and oxygen atoms in total. The zero-order valence-electron chi connectivity index (χ0n) is 35.3. The summed E-state index contributed by atoms with van der Waals surface area (Å²) in [5.41, 5.74) is 0. The lowest BCUT2D eigenvalue weighted by Crippen LogP contribution is -2.46. The Morgan fingerprint density at radius 3 is 1.55 bits per heavy atom. The number of allylic oxidation sites excluding steroid dienone is 15.